The summed E-state index contributed by atoms with van der Waals surface area (Å²) in [5, 5.41) is 13.9. The number of hydrogen-bond donors (Lipinski definition) is 0. The number of ether oxygens (including phenoxy) is 1. The van der Waals surface area contributed by atoms with Crippen LogP contribution in [0, 0.1) is 13.8 Å². The molecule has 1 aliphatic heterocycles. The summed E-state index contributed by atoms with van der Waals surface area (Å²) >= 11 is 5.01. The van der Waals surface area contributed by atoms with Crippen molar-refractivity contribution in [2.75, 3.05) is 12.3 Å². The maximum absolute atomic E-state index is 5.87. The van der Waals surface area contributed by atoms with Crippen molar-refractivity contribution in [3.05, 3.63) is 40.2 Å². The van der Waals surface area contributed by atoms with Gasteiger partial charge in [0.15, 0.2) is 10.8 Å². The van der Waals surface area contributed by atoms with Crippen molar-refractivity contribution in [1.29, 1.82) is 0 Å². The van der Waals surface area contributed by atoms with Crippen LogP contribution >= 0.6 is 34.9 Å². The number of fused-ring (bicyclic) bond motifs is 1. The van der Waals surface area contributed by atoms with Gasteiger partial charge in [-0.25, -0.2) is 0 Å². The van der Waals surface area contributed by atoms with Gasteiger partial charge in [-0.1, -0.05) is 40.9 Å². The molecule has 130 valence electrons. The van der Waals surface area contributed by atoms with E-state index in [2.05, 4.69) is 46.3 Å². The second kappa shape index (κ2) is 7.35. The van der Waals surface area contributed by atoms with Crippen LogP contribution in [0.25, 0.3) is 4.96 Å². The summed E-state index contributed by atoms with van der Waals surface area (Å²) in [6, 6.07) is 6.12. The Morgan fingerprint density at radius 3 is 2.96 bits per heavy atom. The molecule has 4 rings (SSSR count). The fraction of sp³-hybridized carbons (Fsp3) is 0.375. The molecule has 0 N–H and O–H groups in total. The van der Waals surface area contributed by atoms with Crippen molar-refractivity contribution >= 4 is 44.2 Å². The Labute approximate surface area is 158 Å². The van der Waals surface area contributed by atoms with Gasteiger partial charge in [0.25, 0.3) is 0 Å². The van der Waals surface area contributed by atoms with Gasteiger partial charge in [0.2, 0.25) is 4.96 Å². The lowest BCUT2D eigenvalue weighted by atomic mass is 10.1. The number of benzene rings is 1. The Morgan fingerprint density at radius 1 is 1.24 bits per heavy atom. The Hall–Kier alpha value is -1.58. The largest absolute Gasteiger partial charge is 0.486 e. The topological polar surface area (TPSA) is 64.7 Å². The molecular weight excluding hydrogens is 374 g/mol. The normalized spacial score (nSPS) is 14.2. The summed E-state index contributed by atoms with van der Waals surface area (Å²) in [6.45, 7) is 5.53. The van der Waals surface area contributed by atoms with Gasteiger partial charge in [0, 0.05) is 5.75 Å². The van der Waals surface area contributed by atoms with Gasteiger partial charge in [0.05, 0.1) is 12.3 Å². The minimum absolute atomic E-state index is 0.436. The van der Waals surface area contributed by atoms with Crippen LogP contribution in [0.15, 0.2) is 23.2 Å². The molecule has 0 fully saturated rings. The molecule has 0 atom stereocenters. The van der Waals surface area contributed by atoms with Crippen molar-refractivity contribution in [3.8, 4) is 5.75 Å². The van der Waals surface area contributed by atoms with Crippen LogP contribution in [0.1, 0.15) is 22.0 Å². The van der Waals surface area contributed by atoms with Crippen LogP contribution in [0.4, 0.5) is 0 Å². The number of thioether (sulfide) groups is 2. The van der Waals surface area contributed by atoms with Gasteiger partial charge in [-0.15, -0.1) is 10.2 Å². The third-order valence-electron chi connectivity index (χ3n) is 3.82. The second-order valence-corrected chi connectivity index (χ2v) is 8.97. The average Bonchev–Trinajstić information content (AvgIpc) is 3.31. The number of aromatic nitrogens is 4. The van der Waals surface area contributed by atoms with E-state index in [1.54, 1.807) is 23.5 Å². The molecule has 2 aromatic heterocycles. The lowest BCUT2D eigenvalue weighted by Crippen LogP contribution is -1.99. The first kappa shape index (κ1) is 16.9. The molecule has 0 saturated carbocycles. The summed E-state index contributed by atoms with van der Waals surface area (Å²) in [5.41, 5.74) is 2.49. The molecule has 1 aliphatic rings. The van der Waals surface area contributed by atoms with Crippen LogP contribution in [0.3, 0.4) is 0 Å². The first-order valence-electron chi connectivity index (χ1n) is 7.89. The summed E-state index contributed by atoms with van der Waals surface area (Å²) in [7, 11) is 0. The van der Waals surface area contributed by atoms with Crippen LogP contribution in [0.2, 0.25) is 0 Å². The molecule has 3 aromatic rings. The van der Waals surface area contributed by atoms with Gasteiger partial charge >= 0.3 is 0 Å². The van der Waals surface area contributed by atoms with Crippen LogP contribution in [0.5, 0.6) is 5.75 Å². The zero-order valence-electron chi connectivity index (χ0n) is 13.9. The molecule has 0 spiro atoms. The van der Waals surface area contributed by atoms with E-state index in [0.717, 1.165) is 44.0 Å². The number of nitrogens with zero attached hydrogens (tertiary/aromatic N) is 5. The third kappa shape index (κ3) is 3.83. The third-order valence-corrected chi connectivity index (χ3v) is 6.94. The fourth-order valence-electron chi connectivity index (χ4n) is 2.32. The highest BCUT2D eigenvalue weighted by Crippen LogP contribution is 2.26. The lowest BCUT2D eigenvalue weighted by molar-refractivity contribution is 0.303. The molecule has 0 aliphatic carbocycles. The highest BCUT2D eigenvalue weighted by Gasteiger charge is 2.15. The maximum atomic E-state index is 5.87. The molecule has 0 radical (unpaired) electrons. The van der Waals surface area contributed by atoms with Crippen LogP contribution < -0.4 is 4.74 Å². The van der Waals surface area contributed by atoms with Crippen molar-refractivity contribution < 1.29 is 4.74 Å². The molecule has 25 heavy (non-hydrogen) atoms. The predicted molar refractivity (Wildman–Crippen MR) is 105 cm³/mol. The van der Waals surface area contributed by atoms with E-state index >= 15 is 0 Å². The van der Waals surface area contributed by atoms with Crippen molar-refractivity contribution in [2.24, 2.45) is 4.99 Å². The lowest BCUT2D eigenvalue weighted by Gasteiger charge is -2.06. The average molecular weight is 392 g/mol. The SMILES string of the molecule is Cc1ccc(OCc2nn3c(CSC4=NCCS4)nnc3s2)cc1C. The molecule has 9 heteroatoms. The van der Waals surface area contributed by atoms with E-state index in [1.165, 1.54) is 22.5 Å². The van der Waals surface area contributed by atoms with E-state index in [4.69, 9.17) is 4.74 Å². The quantitative estimate of drug-likeness (QED) is 0.660. The predicted octanol–water partition coefficient (Wildman–Crippen LogP) is 3.72. The summed E-state index contributed by atoms with van der Waals surface area (Å²) < 4.78 is 8.81. The highest BCUT2D eigenvalue weighted by atomic mass is 32.2. The Morgan fingerprint density at radius 2 is 2.16 bits per heavy atom. The number of aliphatic imine (C=N–C) groups is 1. The molecule has 1 aromatic carbocycles. The monoisotopic (exact) mass is 391 g/mol. The molecule has 0 bridgehead atoms. The summed E-state index contributed by atoms with van der Waals surface area (Å²) in [5.74, 6) is 3.52. The molecular formula is C16H17N5OS3. The standard InChI is InChI=1S/C16H17N5OS3/c1-10-3-4-12(7-11(10)2)22-8-14-20-21-13(18-19-15(21)25-14)9-24-16-17-5-6-23-16/h3-4,7H,5-6,8-9H2,1-2H3. The molecule has 3 heterocycles. The van der Waals surface area contributed by atoms with Gasteiger partial charge in [-0.3, -0.25) is 4.99 Å². The minimum Gasteiger partial charge on any atom is -0.486 e. The Balaban J connectivity index is 1.43. The zero-order chi connectivity index (χ0) is 17.2. The van der Waals surface area contributed by atoms with E-state index in [9.17, 15) is 0 Å². The van der Waals surface area contributed by atoms with Crippen LogP contribution in [-0.2, 0) is 12.4 Å². The first-order chi connectivity index (χ1) is 12.2. The van der Waals surface area contributed by atoms with E-state index in [0.29, 0.717) is 6.61 Å². The maximum Gasteiger partial charge on any atom is 0.234 e. The Bertz CT molecular complexity index is 933. The fourth-order valence-corrected chi connectivity index (χ4v) is 5.00. The van der Waals surface area contributed by atoms with Gasteiger partial charge in [0.1, 0.15) is 16.7 Å². The van der Waals surface area contributed by atoms with Gasteiger partial charge in [-0.2, -0.15) is 9.61 Å². The highest BCUT2D eigenvalue weighted by molar-refractivity contribution is 8.38. The van der Waals surface area contributed by atoms with Crippen molar-refractivity contribution in [1.82, 2.24) is 19.8 Å². The molecule has 6 nitrogen and oxygen atoms in total. The smallest absolute Gasteiger partial charge is 0.234 e. The van der Waals surface area contributed by atoms with Crippen molar-refractivity contribution in [3.63, 3.8) is 0 Å². The van der Waals surface area contributed by atoms with Crippen molar-refractivity contribution in [2.45, 2.75) is 26.2 Å². The molecule has 0 saturated heterocycles. The second-order valence-electron chi connectivity index (χ2n) is 5.63. The number of aryl methyl sites for hydroxylation is 2. The number of rotatable bonds is 5. The van der Waals surface area contributed by atoms with Gasteiger partial charge in [-0.05, 0) is 37.1 Å². The minimum atomic E-state index is 0.436. The summed E-state index contributed by atoms with van der Waals surface area (Å²) in [6.07, 6.45) is 0. The summed E-state index contributed by atoms with van der Waals surface area (Å²) in [4.78, 5) is 5.25. The molecule has 0 amide bonds. The molecule has 0 unspecified atom stereocenters. The van der Waals surface area contributed by atoms with E-state index < -0.39 is 0 Å². The number of hydrogen-bond acceptors (Lipinski definition) is 8. The van der Waals surface area contributed by atoms with Crippen LogP contribution in [-0.4, -0.2) is 36.5 Å². The Kier molecular flexibility index (Phi) is 4.96. The van der Waals surface area contributed by atoms with E-state index in [1.807, 2.05) is 10.6 Å². The zero-order valence-corrected chi connectivity index (χ0v) is 16.4. The van der Waals surface area contributed by atoms with Gasteiger partial charge < -0.3 is 4.74 Å². The van der Waals surface area contributed by atoms with E-state index in [-0.39, 0.29) is 0 Å². The first-order valence-corrected chi connectivity index (χ1v) is 10.7.